The number of thiophene rings is 1. The molecule has 0 unspecified atom stereocenters. The monoisotopic (exact) mass is 732 g/mol. The van der Waals surface area contributed by atoms with Gasteiger partial charge in [0.2, 0.25) is 0 Å². The summed E-state index contributed by atoms with van der Waals surface area (Å²) in [4.78, 5) is 15.6. The highest BCUT2D eigenvalue weighted by Gasteiger charge is 2.20. The summed E-state index contributed by atoms with van der Waals surface area (Å²) in [6.45, 7) is 0. The van der Waals surface area contributed by atoms with Gasteiger partial charge in [-0.2, -0.15) is 0 Å². The van der Waals surface area contributed by atoms with Gasteiger partial charge in [0.05, 0.1) is 11.0 Å². The van der Waals surface area contributed by atoms with Gasteiger partial charge in [0.15, 0.2) is 17.5 Å². The first-order chi connectivity index (χ1) is 27.8. The summed E-state index contributed by atoms with van der Waals surface area (Å²) >= 11 is 1.83. The highest BCUT2D eigenvalue weighted by Crippen LogP contribution is 2.44. The van der Waals surface area contributed by atoms with E-state index in [1.54, 1.807) is 0 Å². The molecule has 3 aromatic heterocycles. The maximum atomic E-state index is 5.29. The fourth-order valence-corrected chi connectivity index (χ4v) is 9.31. The zero-order chi connectivity index (χ0) is 37.0. The Morgan fingerprint density at radius 3 is 1.71 bits per heavy atom. The fraction of sp³-hybridized carbons (Fsp3) is 0. The van der Waals surface area contributed by atoms with E-state index in [1.807, 2.05) is 29.5 Å². The van der Waals surface area contributed by atoms with Gasteiger partial charge in [0, 0.05) is 58.9 Å². The van der Waals surface area contributed by atoms with Gasteiger partial charge in [-0.15, -0.1) is 11.3 Å². The molecule has 8 aromatic carbocycles. The van der Waals surface area contributed by atoms with Gasteiger partial charge in [-0.1, -0.05) is 152 Å². The average Bonchev–Trinajstić information content (AvgIpc) is 3.82. The zero-order valence-electron chi connectivity index (χ0n) is 30.2. The van der Waals surface area contributed by atoms with Crippen molar-refractivity contribution in [1.82, 2.24) is 19.5 Å². The molecule has 0 aliphatic heterocycles. The molecule has 5 heteroatoms. The Kier molecular flexibility index (Phi) is 7.64. The van der Waals surface area contributed by atoms with Crippen molar-refractivity contribution in [3.05, 3.63) is 194 Å². The number of hydrogen-bond acceptors (Lipinski definition) is 4. The summed E-state index contributed by atoms with van der Waals surface area (Å²) in [6.07, 6.45) is 0. The largest absolute Gasteiger partial charge is 0.309 e. The number of benzene rings is 8. The third-order valence-electron chi connectivity index (χ3n) is 10.6. The van der Waals surface area contributed by atoms with Crippen LogP contribution in [0.3, 0.4) is 0 Å². The molecule has 4 nitrogen and oxygen atoms in total. The van der Waals surface area contributed by atoms with Crippen molar-refractivity contribution in [3.63, 3.8) is 0 Å². The number of aromatic nitrogens is 4. The number of hydrogen-bond donors (Lipinski definition) is 0. The molecule has 0 saturated carbocycles. The Balaban J connectivity index is 1.13. The predicted octanol–water partition coefficient (Wildman–Crippen LogP) is 13.7. The second-order valence-electron chi connectivity index (χ2n) is 14.0. The van der Waals surface area contributed by atoms with E-state index in [2.05, 4.69) is 180 Å². The van der Waals surface area contributed by atoms with E-state index >= 15 is 0 Å². The lowest BCUT2D eigenvalue weighted by Gasteiger charge is -2.10. The van der Waals surface area contributed by atoms with Crippen molar-refractivity contribution in [2.24, 2.45) is 0 Å². The second-order valence-corrected chi connectivity index (χ2v) is 15.1. The summed E-state index contributed by atoms with van der Waals surface area (Å²) in [5.74, 6) is 1.93. The van der Waals surface area contributed by atoms with Crippen molar-refractivity contribution < 1.29 is 0 Å². The van der Waals surface area contributed by atoms with Crippen LogP contribution in [-0.2, 0) is 0 Å². The van der Waals surface area contributed by atoms with Crippen LogP contribution in [0.15, 0.2) is 194 Å². The molecule has 0 spiro atoms. The highest BCUT2D eigenvalue weighted by molar-refractivity contribution is 7.26. The molecule has 3 heterocycles. The molecule has 0 saturated heterocycles. The molecular formula is C51H32N4S. The van der Waals surface area contributed by atoms with Crippen molar-refractivity contribution >= 4 is 53.3 Å². The molecule has 0 amide bonds. The Bertz CT molecular complexity index is 3230. The molecule has 0 aliphatic carbocycles. The third kappa shape index (κ3) is 5.40. The molecule has 56 heavy (non-hydrogen) atoms. The van der Waals surface area contributed by atoms with Crippen LogP contribution >= 0.6 is 11.3 Å². The Morgan fingerprint density at radius 1 is 0.357 bits per heavy atom. The van der Waals surface area contributed by atoms with Gasteiger partial charge >= 0.3 is 0 Å². The quantitative estimate of drug-likeness (QED) is 0.171. The molecular weight excluding hydrogens is 701 g/mol. The van der Waals surface area contributed by atoms with Crippen LogP contribution in [0.5, 0.6) is 0 Å². The SMILES string of the molecule is c1ccc(-c2cc(-c3ccccc3)c3sc4cc(-c5nc(-c6ccccc6)nc(-c6cccc7c6c6ccccc6n7-c6ccccc6)n5)ccc4c3c2)cc1. The molecule has 0 fully saturated rings. The van der Waals surface area contributed by atoms with E-state index in [-0.39, 0.29) is 0 Å². The summed E-state index contributed by atoms with van der Waals surface area (Å²) in [7, 11) is 0. The van der Waals surface area contributed by atoms with Crippen LogP contribution in [0, 0.1) is 0 Å². The first kappa shape index (κ1) is 32.2. The first-order valence-electron chi connectivity index (χ1n) is 18.8. The molecule has 0 atom stereocenters. The van der Waals surface area contributed by atoms with E-state index in [9.17, 15) is 0 Å². The Labute approximate surface area is 327 Å². The zero-order valence-corrected chi connectivity index (χ0v) is 31.0. The minimum atomic E-state index is 0.643. The fourth-order valence-electron chi connectivity index (χ4n) is 8.05. The van der Waals surface area contributed by atoms with E-state index < -0.39 is 0 Å². The molecule has 11 aromatic rings. The summed E-state index contributed by atoms with van der Waals surface area (Å²) in [6, 6.07) is 68.5. The molecule has 262 valence electrons. The van der Waals surface area contributed by atoms with Crippen LogP contribution in [0.1, 0.15) is 0 Å². The number of fused-ring (bicyclic) bond motifs is 6. The minimum absolute atomic E-state index is 0.643. The first-order valence-corrected chi connectivity index (χ1v) is 19.6. The van der Waals surface area contributed by atoms with Crippen molar-refractivity contribution in [2.75, 3.05) is 0 Å². The Hall–Kier alpha value is -7.21. The van der Waals surface area contributed by atoms with Crippen molar-refractivity contribution in [3.8, 4) is 62.1 Å². The second kappa shape index (κ2) is 13.3. The number of nitrogens with zero attached hydrogens (tertiary/aromatic N) is 4. The lowest BCUT2D eigenvalue weighted by Crippen LogP contribution is -2.00. The Morgan fingerprint density at radius 2 is 0.964 bits per heavy atom. The van der Waals surface area contributed by atoms with Crippen molar-refractivity contribution in [1.29, 1.82) is 0 Å². The van der Waals surface area contributed by atoms with Crippen LogP contribution < -0.4 is 0 Å². The third-order valence-corrected chi connectivity index (χ3v) is 11.8. The topological polar surface area (TPSA) is 43.6 Å². The minimum Gasteiger partial charge on any atom is -0.309 e. The molecule has 0 radical (unpaired) electrons. The molecule has 0 aliphatic rings. The summed E-state index contributed by atoms with van der Waals surface area (Å²) in [5.41, 5.74) is 11.1. The maximum Gasteiger partial charge on any atom is 0.164 e. The lowest BCUT2D eigenvalue weighted by atomic mass is 9.96. The lowest BCUT2D eigenvalue weighted by molar-refractivity contribution is 1.08. The normalized spacial score (nSPS) is 11.6. The standard InChI is InChI=1S/C51H32N4S/c1-5-16-33(17-6-1)37-30-42(34-18-7-2-8-19-34)48-43(31-37)39-29-28-36(32-46(39)56-48)50-52-49(35-20-9-3-10-21-35)53-51(54-50)41-25-15-27-45-47(41)40-24-13-14-26-44(40)55(45)38-22-11-4-12-23-38/h1-32H. The maximum absolute atomic E-state index is 5.29. The van der Waals surface area contributed by atoms with Crippen LogP contribution in [0.4, 0.5) is 0 Å². The molecule has 0 N–H and O–H groups in total. The van der Waals surface area contributed by atoms with Gasteiger partial charge in [-0.25, -0.2) is 15.0 Å². The van der Waals surface area contributed by atoms with E-state index in [0.717, 1.165) is 44.2 Å². The average molecular weight is 733 g/mol. The smallest absolute Gasteiger partial charge is 0.164 e. The van der Waals surface area contributed by atoms with Crippen LogP contribution in [0.2, 0.25) is 0 Å². The molecule has 11 rings (SSSR count). The van der Waals surface area contributed by atoms with Gasteiger partial charge in [0.25, 0.3) is 0 Å². The van der Waals surface area contributed by atoms with E-state index in [4.69, 9.17) is 15.0 Å². The van der Waals surface area contributed by atoms with Gasteiger partial charge in [0.1, 0.15) is 0 Å². The number of rotatable bonds is 6. The van der Waals surface area contributed by atoms with Crippen LogP contribution in [0.25, 0.3) is 104 Å². The van der Waals surface area contributed by atoms with Gasteiger partial charge in [-0.3, -0.25) is 0 Å². The summed E-state index contributed by atoms with van der Waals surface area (Å²) < 4.78 is 4.79. The number of para-hydroxylation sites is 2. The van der Waals surface area contributed by atoms with Crippen molar-refractivity contribution in [2.45, 2.75) is 0 Å². The molecule has 0 bridgehead atoms. The summed E-state index contributed by atoms with van der Waals surface area (Å²) in [5, 5.41) is 4.74. The highest BCUT2D eigenvalue weighted by atomic mass is 32.1. The van der Waals surface area contributed by atoms with E-state index in [1.165, 1.54) is 42.4 Å². The predicted molar refractivity (Wildman–Crippen MR) is 234 cm³/mol. The van der Waals surface area contributed by atoms with Gasteiger partial charge in [-0.05, 0) is 59.2 Å². The van der Waals surface area contributed by atoms with Gasteiger partial charge < -0.3 is 4.57 Å². The van der Waals surface area contributed by atoms with Crippen LogP contribution in [-0.4, -0.2) is 19.5 Å². The van der Waals surface area contributed by atoms with E-state index in [0.29, 0.717) is 17.5 Å².